The quantitative estimate of drug-likeness (QED) is 0.877. The monoisotopic (exact) mass is 262 g/mol. The third-order valence-electron chi connectivity index (χ3n) is 1.72. The van der Waals surface area contributed by atoms with Crippen LogP contribution in [0, 0.1) is 0 Å². The van der Waals surface area contributed by atoms with Crippen LogP contribution < -0.4 is 10.0 Å². The van der Waals surface area contributed by atoms with Crippen molar-refractivity contribution in [3.05, 3.63) is 23.2 Å². The molecule has 0 saturated heterocycles. The number of hydrogen-bond acceptors (Lipinski definition) is 3. The van der Waals surface area contributed by atoms with Gasteiger partial charge in [-0.1, -0.05) is 11.6 Å². The predicted octanol–water partition coefficient (Wildman–Crippen LogP) is 2.53. The van der Waals surface area contributed by atoms with Gasteiger partial charge in [-0.25, -0.2) is 8.42 Å². The molecule has 1 aromatic carbocycles. The van der Waals surface area contributed by atoms with Crippen molar-refractivity contribution < 1.29 is 8.42 Å². The van der Waals surface area contributed by atoms with Gasteiger partial charge in [0.2, 0.25) is 10.0 Å². The van der Waals surface area contributed by atoms with Crippen molar-refractivity contribution in [2.75, 3.05) is 16.3 Å². The number of hydrogen-bond donors (Lipinski definition) is 2. The fraction of sp³-hybridized carbons (Fsp3) is 0.400. The normalized spacial score (nSPS) is 11.6. The molecule has 1 rings (SSSR count). The zero-order valence-electron chi connectivity index (χ0n) is 9.41. The Kier molecular flexibility index (Phi) is 4.04. The van der Waals surface area contributed by atoms with Gasteiger partial charge < -0.3 is 5.32 Å². The highest BCUT2D eigenvalue weighted by molar-refractivity contribution is 7.92. The molecule has 1 aromatic rings. The summed E-state index contributed by atoms with van der Waals surface area (Å²) in [4.78, 5) is 0. The smallest absolute Gasteiger partial charge is 0.229 e. The van der Waals surface area contributed by atoms with Crippen molar-refractivity contribution >= 4 is 33.0 Å². The van der Waals surface area contributed by atoms with E-state index in [0.29, 0.717) is 16.8 Å². The summed E-state index contributed by atoms with van der Waals surface area (Å²) in [6.45, 7) is 4.02. The molecule has 0 unspecified atom stereocenters. The summed E-state index contributed by atoms with van der Waals surface area (Å²) in [6.07, 6.45) is 1.09. The van der Waals surface area contributed by atoms with Crippen molar-refractivity contribution in [2.24, 2.45) is 0 Å². The number of halogens is 1. The molecule has 0 radical (unpaired) electrons. The molecule has 0 aliphatic heterocycles. The van der Waals surface area contributed by atoms with Crippen molar-refractivity contribution in [3.63, 3.8) is 0 Å². The standard InChI is InChI=1S/C10H15ClN2O2S/c1-7(2)12-8-4-5-10(9(11)6-8)13-16(3,14)15/h4-7,12-13H,1-3H3. The number of sulfonamides is 1. The molecule has 16 heavy (non-hydrogen) atoms. The van der Waals surface area contributed by atoms with Crippen LogP contribution in [0.4, 0.5) is 11.4 Å². The minimum atomic E-state index is -3.29. The van der Waals surface area contributed by atoms with Gasteiger partial charge in [0.05, 0.1) is 17.0 Å². The summed E-state index contributed by atoms with van der Waals surface area (Å²) < 4.78 is 24.4. The summed E-state index contributed by atoms with van der Waals surface area (Å²) >= 11 is 5.95. The lowest BCUT2D eigenvalue weighted by Crippen LogP contribution is -2.11. The number of benzene rings is 1. The Bertz CT molecular complexity index is 472. The highest BCUT2D eigenvalue weighted by atomic mass is 35.5. The van der Waals surface area contributed by atoms with E-state index in [1.54, 1.807) is 18.2 Å². The van der Waals surface area contributed by atoms with Crippen molar-refractivity contribution in [2.45, 2.75) is 19.9 Å². The van der Waals surface area contributed by atoms with Gasteiger partial charge in [0.15, 0.2) is 0 Å². The van der Waals surface area contributed by atoms with Crippen molar-refractivity contribution in [3.8, 4) is 0 Å². The average Bonchev–Trinajstić information content (AvgIpc) is 2.06. The molecule has 0 saturated carbocycles. The van der Waals surface area contributed by atoms with E-state index in [1.807, 2.05) is 13.8 Å². The number of nitrogens with one attached hydrogen (secondary N) is 2. The van der Waals surface area contributed by atoms with E-state index in [1.165, 1.54) is 0 Å². The van der Waals surface area contributed by atoms with Gasteiger partial charge in [-0.05, 0) is 32.0 Å². The molecule has 0 spiro atoms. The Labute approximate surface area is 101 Å². The lowest BCUT2D eigenvalue weighted by atomic mass is 10.2. The van der Waals surface area contributed by atoms with Gasteiger partial charge in [0, 0.05) is 11.7 Å². The number of rotatable bonds is 4. The number of anilines is 2. The first kappa shape index (κ1) is 13.1. The van der Waals surface area contributed by atoms with Crippen LogP contribution in [-0.2, 0) is 10.0 Å². The maximum absolute atomic E-state index is 11.0. The Balaban J connectivity index is 2.92. The highest BCUT2D eigenvalue weighted by Crippen LogP contribution is 2.26. The molecule has 0 atom stereocenters. The molecule has 0 aromatic heterocycles. The van der Waals surface area contributed by atoms with E-state index in [9.17, 15) is 8.42 Å². The van der Waals surface area contributed by atoms with Crippen molar-refractivity contribution in [1.82, 2.24) is 0 Å². The van der Waals surface area contributed by atoms with Gasteiger partial charge >= 0.3 is 0 Å². The van der Waals surface area contributed by atoms with Gasteiger partial charge in [0.25, 0.3) is 0 Å². The molecule has 2 N–H and O–H groups in total. The third-order valence-corrected chi connectivity index (χ3v) is 2.62. The Morgan fingerprint density at radius 3 is 2.38 bits per heavy atom. The van der Waals surface area contributed by atoms with Gasteiger partial charge in [-0.3, -0.25) is 4.72 Å². The van der Waals surface area contributed by atoms with E-state index in [-0.39, 0.29) is 0 Å². The summed E-state index contributed by atoms with van der Waals surface area (Å²) in [5, 5.41) is 3.55. The fourth-order valence-electron chi connectivity index (χ4n) is 1.22. The summed E-state index contributed by atoms with van der Waals surface area (Å²) in [6, 6.07) is 5.40. The van der Waals surface area contributed by atoms with Crippen LogP contribution in [0.3, 0.4) is 0 Å². The average molecular weight is 263 g/mol. The Hall–Kier alpha value is -0.940. The first-order chi connectivity index (χ1) is 7.28. The molecule has 4 nitrogen and oxygen atoms in total. The van der Waals surface area contributed by atoms with Crippen LogP contribution in [0.2, 0.25) is 5.02 Å². The molecule has 0 aliphatic rings. The van der Waals surface area contributed by atoms with Crippen LogP contribution in [0.25, 0.3) is 0 Å². The molecular weight excluding hydrogens is 248 g/mol. The van der Waals surface area contributed by atoms with E-state index in [2.05, 4.69) is 10.0 Å². The summed E-state index contributed by atoms with van der Waals surface area (Å²) in [5.41, 5.74) is 1.25. The molecule has 0 amide bonds. The fourth-order valence-corrected chi connectivity index (χ4v) is 2.08. The SMILES string of the molecule is CC(C)Nc1ccc(NS(C)(=O)=O)c(Cl)c1. The second-order valence-electron chi connectivity index (χ2n) is 3.87. The lowest BCUT2D eigenvalue weighted by molar-refractivity contribution is 0.607. The first-order valence-corrected chi connectivity index (χ1v) is 7.09. The molecule has 0 fully saturated rings. The first-order valence-electron chi connectivity index (χ1n) is 4.82. The lowest BCUT2D eigenvalue weighted by Gasteiger charge is -2.12. The molecule has 0 bridgehead atoms. The van der Waals surface area contributed by atoms with Crippen LogP contribution in [0.5, 0.6) is 0 Å². The maximum Gasteiger partial charge on any atom is 0.229 e. The van der Waals surface area contributed by atoms with Crippen molar-refractivity contribution in [1.29, 1.82) is 0 Å². The van der Waals surface area contributed by atoms with Crippen LogP contribution in [0.1, 0.15) is 13.8 Å². The van der Waals surface area contributed by atoms with Gasteiger partial charge in [-0.15, -0.1) is 0 Å². The van der Waals surface area contributed by atoms with E-state index in [4.69, 9.17) is 11.6 Å². The zero-order chi connectivity index (χ0) is 12.3. The summed E-state index contributed by atoms with van der Waals surface area (Å²) in [5.74, 6) is 0. The van der Waals surface area contributed by atoms with E-state index < -0.39 is 10.0 Å². The highest BCUT2D eigenvalue weighted by Gasteiger charge is 2.07. The third kappa shape index (κ3) is 4.28. The molecular formula is C10H15ClN2O2S. The van der Waals surface area contributed by atoms with E-state index in [0.717, 1.165) is 11.9 Å². The Morgan fingerprint density at radius 2 is 1.94 bits per heavy atom. The maximum atomic E-state index is 11.0. The van der Waals surface area contributed by atoms with Crippen LogP contribution in [-0.4, -0.2) is 20.7 Å². The van der Waals surface area contributed by atoms with Crippen LogP contribution in [0.15, 0.2) is 18.2 Å². The second kappa shape index (κ2) is 4.93. The second-order valence-corrected chi connectivity index (χ2v) is 6.02. The van der Waals surface area contributed by atoms with Gasteiger partial charge in [-0.2, -0.15) is 0 Å². The molecule has 90 valence electrons. The predicted molar refractivity (Wildman–Crippen MR) is 68.7 cm³/mol. The van der Waals surface area contributed by atoms with E-state index >= 15 is 0 Å². The molecule has 0 heterocycles. The Morgan fingerprint density at radius 1 is 1.31 bits per heavy atom. The summed E-state index contributed by atoms with van der Waals surface area (Å²) in [7, 11) is -3.29. The van der Waals surface area contributed by atoms with Gasteiger partial charge in [0.1, 0.15) is 0 Å². The molecule has 6 heteroatoms. The topological polar surface area (TPSA) is 58.2 Å². The molecule has 0 aliphatic carbocycles. The minimum absolute atomic E-state index is 0.296. The largest absolute Gasteiger partial charge is 0.383 e. The minimum Gasteiger partial charge on any atom is -0.383 e. The zero-order valence-corrected chi connectivity index (χ0v) is 11.0. The van der Waals surface area contributed by atoms with Crippen LogP contribution >= 0.6 is 11.6 Å².